The molecule has 4 heteroatoms. The summed E-state index contributed by atoms with van der Waals surface area (Å²) in [5, 5.41) is 4.82. The van der Waals surface area contributed by atoms with Crippen LogP contribution in [-0.2, 0) is 0 Å². The Balaban J connectivity index is 1.58. The SMILES string of the molecule is CCCC(CC(CCN)(CC(CC)Oc1ccc2ccccc2c1)C(N)CC)Oc1ccc2ccccc2c1. The number of fused-ring (bicyclic) bond motifs is 2. The Bertz CT molecular complexity index is 1320. The lowest BCUT2D eigenvalue weighted by Crippen LogP contribution is -2.48. The molecule has 4 rings (SSSR count). The summed E-state index contributed by atoms with van der Waals surface area (Å²) in [6, 6.07) is 29.6. The number of ether oxygens (including phenoxy) is 2. The van der Waals surface area contributed by atoms with E-state index in [-0.39, 0.29) is 23.7 Å². The van der Waals surface area contributed by atoms with E-state index < -0.39 is 0 Å². The van der Waals surface area contributed by atoms with Crippen molar-refractivity contribution >= 4 is 21.5 Å². The molecule has 208 valence electrons. The molecule has 0 bridgehead atoms. The minimum atomic E-state index is -0.183. The van der Waals surface area contributed by atoms with Gasteiger partial charge in [0.2, 0.25) is 0 Å². The van der Waals surface area contributed by atoms with Crippen molar-refractivity contribution in [3.8, 4) is 11.5 Å². The van der Waals surface area contributed by atoms with E-state index in [0.717, 1.165) is 56.4 Å². The van der Waals surface area contributed by atoms with Crippen LogP contribution in [0, 0.1) is 5.41 Å². The van der Waals surface area contributed by atoms with Gasteiger partial charge in [0, 0.05) is 6.04 Å². The van der Waals surface area contributed by atoms with Crippen LogP contribution < -0.4 is 20.9 Å². The molecule has 0 aromatic heterocycles. The zero-order chi connectivity index (χ0) is 27.7. The molecule has 0 aliphatic carbocycles. The van der Waals surface area contributed by atoms with E-state index in [9.17, 15) is 0 Å². The van der Waals surface area contributed by atoms with Gasteiger partial charge in [0.15, 0.2) is 0 Å². The smallest absolute Gasteiger partial charge is 0.120 e. The van der Waals surface area contributed by atoms with Crippen molar-refractivity contribution in [1.82, 2.24) is 0 Å². The van der Waals surface area contributed by atoms with Crippen LogP contribution in [0.5, 0.6) is 11.5 Å². The third-order valence-corrected chi connectivity index (χ3v) is 8.25. The molecule has 39 heavy (non-hydrogen) atoms. The lowest BCUT2D eigenvalue weighted by molar-refractivity contribution is 0.0364. The minimum absolute atomic E-state index is 0.00913. The van der Waals surface area contributed by atoms with E-state index in [1.807, 2.05) is 0 Å². The highest BCUT2D eigenvalue weighted by molar-refractivity contribution is 5.84. The Kier molecular flexibility index (Phi) is 10.2. The third kappa shape index (κ3) is 7.32. The van der Waals surface area contributed by atoms with Gasteiger partial charge in [-0.15, -0.1) is 0 Å². The second-order valence-electron chi connectivity index (χ2n) is 11.0. The van der Waals surface area contributed by atoms with Crippen molar-refractivity contribution in [2.24, 2.45) is 16.9 Å². The van der Waals surface area contributed by atoms with Crippen LogP contribution in [0.4, 0.5) is 0 Å². The molecule has 0 saturated carbocycles. The highest BCUT2D eigenvalue weighted by atomic mass is 16.5. The first-order chi connectivity index (χ1) is 19.0. The normalized spacial score (nSPS) is 15.5. The number of hydrogen-bond acceptors (Lipinski definition) is 4. The molecule has 4 aromatic rings. The molecule has 0 aliphatic rings. The van der Waals surface area contributed by atoms with E-state index >= 15 is 0 Å². The van der Waals surface area contributed by atoms with Crippen molar-refractivity contribution in [3.05, 3.63) is 84.9 Å². The van der Waals surface area contributed by atoms with Gasteiger partial charge < -0.3 is 20.9 Å². The molecular formula is C35H46N2O2. The third-order valence-electron chi connectivity index (χ3n) is 8.25. The van der Waals surface area contributed by atoms with Gasteiger partial charge in [-0.25, -0.2) is 0 Å². The van der Waals surface area contributed by atoms with Gasteiger partial charge >= 0.3 is 0 Å². The lowest BCUT2D eigenvalue weighted by Gasteiger charge is -2.43. The molecule has 0 saturated heterocycles. The summed E-state index contributed by atoms with van der Waals surface area (Å²) in [6.45, 7) is 7.19. The number of nitrogens with two attached hydrogens (primary N) is 2. The fraction of sp³-hybridized carbons (Fsp3) is 0.429. The number of benzene rings is 4. The summed E-state index contributed by atoms with van der Waals surface area (Å²) >= 11 is 0. The standard InChI is InChI=1S/C35H46N2O2/c1-4-11-33(39-32-19-17-27-13-8-10-15-29(27)23-32)25-35(20-21-36,34(37)6-3)24-30(5-2)38-31-18-16-26-12-7-9-14-28(26)22-31/h7-10,12-19,22-23,30,33-34H,4-6,11,20-21,24-25,36-37H2,1-3H3. The second kappa shape index (κ2) is 13.8. The average molecular weight is 527 g/mol. The molecule has 0 spiro atoms. The summed E-state index contributed by atoms with van der Waals surface area (Å²) in [5.74, 6) is 1.82. The number of hydrogen-bond donors (Lipinski definition) is 2. The van der Waals surface area contributed by atoms with E-state index in [2.05, 4.69) is 106 Å². The maximum absolute atomic E-state index is 6.95. The van der Waals surface area contributed by atoms with E-state index in [1.54, 1.807) is 0 Å². The van der Waals surface area contributed by atoms with Gasteiger partial charge in [0.05, 0.1) is 12.2 Å². The van der Waals surface area contributed by atoms with Crippen LogP contribution in [0.2, 0.25) is 0 Å². The topological polar surface area (TPSA) is 70.5 Å². The van der Waals surface area contributed by atoms with Crippen LogP contribution in [0.3, 0.4) is 0 Å². The first-order valence-electron chi connectivity index (χ1n) is 14.8. The maximum Gasteiger partial charge on any atom is 0.120 e. The van der Waals surface area contributed by atoms with Crippen molar-refractivity contribution in [2.45, 2.75) is 84.0 Å². The van der Waals surface area contributed by atoms with Gasteiger partial charge in [-0.3, -0.25) is 0 Å². The van der Waals surface area contributed by atoms with Gasteiger partial charge in [-0.1, -0.05) is 87.9 Å². The lowest BCUT2D eigenvalue weighted by atomic mass is 9.68. The fourth-order valence-corrected chi connectivity index (χ4v) is 6.06. The molecule has 0 amide bonds. The van der Waals surface area contributed by atoms with Gasteiger partial charge in [-0.05, 0) is 96.3 Å². The highest BCUT2D eigenvalue weighted by Crippen LogP contribution is 2.41. The summed E-state index contributed by atoms with van der Waals surface area (Å²) < 4.78 is 13.3. The molecular weight excluding hydrogens is 480 g/mol. The molecule has 4 N–H and O–H groups in total. The van der Waals surface area contributed by atoms with Crippen molar-refractivity contribution in [1.29, 1.82) is 0 Å². The van der Waals surface area contributed by atoms with Crippen molar-refractivity contribution < 1.29 is 9.47 Å². The first kappa shape index (κ1) is 28.9. The van der Waals surface area contributed by atoms with Gasteiger partial charge in [0.1, 0.15) is 11.5 Å². The highest BCUT2D eigenvalue weighted by Gasteiger charge is 2.40. The molecule has 4 atom stereocenters. The molecule has 4 nitrogen and oxygen atoms in total. The Morgan fingerprint density at radius 2 is 1.18 bits per heavy atom. The summed E-state index contributed by atoms with van der Waals surface area (Å²) in [6.07, 6.45) is 6.46. The minimum Gasteiger partial charge on any atom is -0.490 e. The summed E-state index contributed by atoms with van der Waals surface area (Å²) in [4.78, 5) is 0. The predicted molar refractivity (Wildman–Crippen MR) is 166 cm³/mol. The van der Waals surface area contributed by atoms with Crippen LogP contribution in [-0.4, -0.2) is 24.8 Å². The summed E-state index contributed by atoms with van der Waals surface area (Å²) in [5.41, 5.74) is 13.0. The Hall–Kier alpha value is -3.08. The fourth-order valence-electron chi connectivity index (χ4n) is 6.06. The summed E-state index contributed by atoms with van der Waals surface area (Å²) in [7, 11) is 0. The van der Waals surface area contributed by atoms with E-state index in [1.165, 1.54) is 21.5 Å². The van der Waals surface area contributed by atoms with E-state index in [0.29, 0.717) is 6.54 Å². The van der Waals surface area contributed by atoms with Crippen LogP contribution in [0.15, 0.2) is 84.9 Å². The quantitative estimate of drug-likeness (QED) is 0.164. The molecule has 0 heterocycles. The monoisotopic (exact) mass is 526 g/mol. The maximum atomic E-state index is 6.95. The predicted octanol–water partition coefficient (Wildman–Crippen LogP) is 8.25. The van der Waals surface area contributed by atoms with Gasteiger partial charge in [-0.2, -0.15) is 0 Å². The largest absolute Gasteiger partial charge is 0.490 e. The van der Waals surface area contributed by atoms with Gasteiger partial charge in [0.25, 0.3) is 0 Å². The van der Waals surface area contributed by atoms with Crippen LogP contribution in [0.1, 0.15) is 65.7 Å². The van der Waals surface area contributed by atoms with E-state index in [4.69, 9.17) is 20.9 Å². The van der Waals surface area contributed by atoms with Crippen molar-refractivity contribution in [2.75, 3.05) is 6.54 Å². The Morgan fingerprint density at radius 3 is 1.67 bits per heavy atom. The number of rotatable bonds is 15. The Morgan fingerprint density at radius 1 is 0.667 bits per heavy atom. The molecule has 4 unspecified atom stereocenters. The van der Waals surface area contributed by atoms with Crippen LogP contribution >= 0.6 is 0 Å². The van der Waals surface area contributed by atoms with Crippen molar-refractivity contribution in [3.63, 3.8) is 0 Å². The zero-order valence-corrected chi connectivity index (χ0v) is 23.9. The molecule has 0 aliphatic heterocycles. The Labute approximate surface area is 234 Å². The average Bonchev–Trinajstić information content (AvgIpc) is 2.96. The zero-order valence-electron chi connectivity index (χ0n) is 23.9. The molecule has 0 radical (unpaired) electrons. The molecule has 4 aromatic carbocycles. The molecule has 0 fully saturated rings. The second-order valence-corrected chi connectivity index (χ2v) is 11.0. The van der Waals surface area contributed by atoms with Crippen LogP contribution in [0.25, 0.3) is 21.5 Å². The first-order valence-corrected chi connectivity index (χ1v) is 14.8.